The molecule has 0 radical (unpaired) electrons. The molecule has 1 heterocycles. The SMILES string of the molecule is CCN(CC(C)(C)CN)C(=O)c1n[nH]c2ccccc12. The van der Waals surface area contributed by atoms with Gasteiger partial charge in [0.05, 0.1) is 5.52 Å². The second kappa shape index (κ2) is 5.63. The first-order valence-electron chi connectivity index (χ1n) is 6.91. The number of nitrogens with two attached hydrogens (primary N) is 1. The predicted molar refractivity (Wildman–Crippen MR) is 80.5 cm³/mol. The molecule has 0 spiro atoms. The Morgan fingerprint density at radius 2 is 2.10 bits per heavy atom. The number of rotatable bonds is 5. The number of para-hydroxylation sites is 1. The van der Waals surface area contributed by atoms with Crippen molar-refractivity contribution in [2.24, 2.45) is 11.1 Å². The van der Waals surface area contributed by atoms with Crippen LogP contribution in [-0.2, 0) is 0 Å². The van der Waals surface area contributed by atoms with Crippen molar-refractivity contribution in [1.29, 1.82) is 0 Å². The normalized spacial score (nSPS) is 11.8. The van der Waals surface area contributed by atoms with Crippen LogP contribution in [0.5, 0.6) is 0 Å². The minimum atomic E-state index is -0.0994. The second-order valence-corrected chi connectivity index (χ2v) is 5.81. The Hall–Kier alpha value is -1.88. The lowest BCUT2D eigenvalue weighted by atomic mass is 9.93. The number of benzene rings is 1. The number of amides is 1. The van der Waals surface area contributed by atoms with E-state index in [-0.39, 0.29) is 11.3 Å². The molecule has 108 valence electrons. The molecule has 0 aliphatic heterocycles. The van der Waals surface area contributed by atoms with Gasteiger partial charge in [-0.15, -0.1) is 0 Å². The fraction of sp³-hybridized carbons (Fsp3) is 0.467. The first-order valence-corrected chi connectivity index (χ1v) is 6.91. The summed E-state index contributed by atoms with van der Waals surface area (Å²) in [5.41, 5.74) is 7.02. The summed E-state index contributed by atoms with van der Waals surface area (Å²) in [5.74, 6) is -0.0496. The maximum absolute atomic E-state index is 12.6. The fourth-order valence-electron chi connectivity index (χ4n) is 2.18. The van der Waals surface area contributed by atoms with E-state index < -0.39 is 0 Å². The molecule has 3 N–H and O–H groups in total. The van der Waals surface area contributed by atoms with Crippen LogP contribution in [0.15, 0.2) is 24.3 Å². The molecule has 2 rings (SSSR count). The van der Waals surface area contributed by atoms with Crippen LogP contribution in [0.2, 0.25) is 0 Å². The maximum atomic E-state index is 12.6. The van der Waals surface area contributed by atoms with Gasteiger partial charge in [-0.3, -0.25) is 9.89 Å². The Morgan fingerprint density at radius 1 is 1.40 bits per heavy atom. The summed E-state index contributed by atoms with van der Waals surface area (Å²) >= 11 is 0. The standard InChI is InChI=1S/C15H22N4O/c1-4-19(10-15(2,3)9-16)14(20)13-11-7-5-6-8-12(11)17-18-13/h5-8H,4,9-10,16H2,1-3H3,(H,17,18). The summed E-state index contributed by atoms with van der Waals surface area (Å²) in [6.45, 7) is 7.90. The molecule has 1 amide bonds. The molecule has 2 aromatic rings. The van der Waals surface area contributed by atoms with E-state index in [1.807, 2.05) is 31.2 Å². The third kappa shape index (κ3) is 2.82. The average Bonchev–Trinajstić information content (AvgIpc) is 2.88. The summed E-state index contributed by atoms with van der Waals surface area (Å²) in [6, 6.07) is 7.66. The third-order valence-electron chi connectivity index (χ3n) is 3.51. The van der Waals surface area contributed by atoms with Crippen LogP contribution >= 0.6 is 0 Å². The minimum Gasteiger partial charge on any atom is -0.337 e. The zero-order valence-corrected chi connectivity index (χ0v) is 12.3. The summed E-state index contributed by atoms with van der Waals surface area (Å²) in [5, 5.41) is 7.94. The first-order chi connectivity index (χ1) is 9.48. The van der Waals surface area contributed by atoms with Crippen molar-refractivity contribution in [3.63, 3.8) is 0 Å². The maximum Gasteiger partial charge on any atom is 0.275 e. The van der Waals surface area contributed by atoms with Crippen LogP contribution in [0.3, 0.4) is 0 Å². The van der Waals surface area contributed by atoms with E-state index in [4.69, 9.17) is 5.73 Å². The number of fused-ring (bicyclic) bond motifs is 1. The van der Waals surface area contributed by atoms with Crippen LogP contribution in [0, 0.1) is 5.41 Å². The molecule has 0 saturated carbocycles. The molecule has 5 nitrogen and oxygen atoms in total. The number of carbonyl (C=O) groups is 1. The van der Waals surface area contributed by atoms with Crippen molar-refractivity contribution in [2.45, 2.75) is 20.8 Å². The Morgan fingerprint density at radius 3 is 2.75 bits per heavy atom. The van der Waals surface area contributed by atoms with Crippen LogP contribution in [0.1, 0.15) is 31.3 Å². The zero-order valence-electron chi connectivity index (χ0n) is 12.3. The van der Waals surface area contributed by atoms with E-state index in [2.05, 4.69) is 24.0 Å². The highest BCUT2D eigenvalue weighted by Crippen LogP contribution is 2.20. The molecule has 0 atom stereocenters. The van der Waals surface area contributed by atoms with Gasteiger partial charge in [0.1, 0.15) is 0 Å². The molecule has 20 heavy (non-hydrogen) atoms. The van der Waals surface area contributed by atoms with Gasteiger partial charge in [-0.25, -0.2) is 0 Å². The number of nitrogens with zero attached hydrogens (tertiary/aromatic N) is 2. The second-order valence-electron chi connectivity index (χ2n) is 5.81. The Labute approximate surface area is 119 Å². The Balaban J connectivity index is 2.29. The molecule has 1 aromatic carbocycles. The minimum absolute atomic E-state index is 0.0496. The zero-order chi connectivity index (χ0) is 14.8. The molecule has 0 bridgehead atoms. The number of carbonyl (C=O) groups excluding carboxylic acids is 1. The van der Waals surface area contributed by atoms with Gasteiger partial charge in [0.15, 0.2) is 5.69 Å². The van der Waals surface area contributed by atoms with Gasteiger partial charge in [-0.05, 0) is 24.9 Å². The predicted octanol–water partition coefficient (Wildman–Crippen LogP) is 2.01. The molecule has 0 saturated heterocycles. The van der Waals surface area contributed by atoms with Crippen molar-refractivity contribution >= 4 is 16.8 Å². The number of nitrogens with one attached hydrogen (secondary N) is 1. The summed E-state index contributed by atoms with van der Waals surface area (Å²) < 4.78 is 0. The topological polar surface area (TPSA) is 75.0 Å². The number of hydrogen-bond donors (Lipinski definition) is 2. The Bertz CT molecular complexity index is 603. The van der Waals surface area contributed by atoms with Gasteiger partial charge in [-0.1, -0.05) is 32.0 Å². The monoisotopic (exact) mass is 274 g/mol. The number of aromatic amines is 1. The summed E-state index contributed by atoms with van der Waals surface area (Å²) in [4.78, 5) is 14.4. The largest absolute Gasteiger partial charge is 0.337 e. The lowest BCUT2D eigenvalue weighted by molar-refractivity contribution is 0.0697. The molecule has 5 heteroatoms. The van der Waals surface area contributed by atoms with Crippen molar-refractivity contribution in [3.8, 4) is 0 Å². The lowest BCUT2D eigenvalue weighted by Crippen LogP contribution is -2.42. The highest BCUT2D eigenvalue weighted by atomic mass is 16.2. The van der Waals surface area contributed by atoms with Crippen molar-refractivity contribution < 1.29 is 4.79 Å². The highest BCUT2D eigenvalue weighted by Gasteiger charge is 2.25. The third-order valence-corrected chi connectivity index (χ3v) is 3.51. The quantitative estimate of drug-likeness (QED) is 0.875. The van der Waals surface area contributed by atoms with E-state index in [1.54, 1.807) is 4.90 Å². The van der Waals surface area contributed by atoms with E-state index in [9.17, 15) is 4.79 Å². The van der Waals surface area contributed by atoms with Gasteiger partial charge in [0.2, 0.25) is 0 Å². The average molecular weight is 274 g/mol. The molecular formula is C15H22N4O. The van der Waals surface area contributed by atoms with E-state index in [0.717, 1.165) is 10.9 Å². The van der Waals surface area contributed by atoms with Crippen molar-refractivity contribution in [3.05, 3.63) is 30.0 Å². The van der Waals surface area contributed by atoms with Gasteiger partial charge >= 0.3 is 0 Å². The van der Waals surface area contributed by atoms with Gasteiger partial charge in [-0.2, -0.15) is 5.10 Å². The van der Waals surface area contributed by atoms with Gasteiger partial charge in [0, 0.05) is 18.5 Å². The Kier molecular flexibility index (Phi) is 4.09. The van der Waals surface area contributed by atoms with Crippen LogP contribution in [-0.4, -0.2) is 40.6 Å². The van der Waals surface area contributed by atoms with Crippen molar-refractivity contribution in [1.82, 2.24) is 15.1 Å². The molecule has 0 aliphatic rings. The lowest BCUT2D eigenvalue weighted by Gasteiger charge is -2.30. The molecule has 0 aliphatic carbocycles. The number of hydrogen-bond acceptors (Lipinski definition) is 3. The van der Waals surface area contributed by atoms with Crippen LogP contribution in [0.4, 0.5) is 0 Å². The van der Waals surface area contributed by atoms with E-state index in [0.29, 0.717) is 25.3 Å². The molecule has 0 unspecified atom stereocenters. The summed E-state index contributed by atoms with van der Waals surface area (Å²) in [6.07, 6.45) is 0. The van der Waals surface area contributed by atoms with E-state index >= 15 is 0 Å². The number of H-pyrrole nitrogens is 1. The van der Waals surface area contributed by atoms with Crippen molar-refractivity contribution in [2.75, 3.05) is 19.6 Å². The first kappa shape index (κ1) is 14.5. The number of aromatic nitrogens is 2. The van der Waals surface area contributed by atoms with Crippen LogP contribution < -0.4 is 5.73 Å². The summed E-state index contributed by atoms with van der Waals surface area (Å²) in [7, 11) is 0. The highest BCUT2D eigenvalue weighted by molar-refractivity contribution is 6.04. The smallest absolute Gasteiger partial charge is 0.275 e. The van der Waals surface area contributed by atoms with Gasteiger partial charge < -0.3 is 10.6 Å². The molecular weight excluding hydrogens is 252 g/mol. The van der Waals surface area contributed by atoms with E-state index in [1.165, 1.54) is 0 Å². The van der Waals surface area contributed by atoms with Gasteiger partial charge in [0.25, 0.3) is 5.91 Å². The molecule has 1 aromatic heterocycles. The molecule has 0 fully saturated rings. The van der Waals surface area contributed by atoms with Crippen LogP contribution in [0.25, 0.3) is 10.9 Å². The fourth-order valence-corrected chi connectivity index (χ4v) is 2.18.